The molecule has 4 amide bonds. The van der Waals surface area contributed by atoms with Crippen LogP contribution in [-0.2, 0) is 6.42 Å². The number of benzene rings is 2. The van der Waals surface area contributed by atoms with Crippen molar-refractivity contribution in [2.45, 2.75) is 6.42 Å². The number of imide groups is 1. The van der Waals surface area contributed by atoms with E-state index in [1.165, 1.54) is 11.0 Å². The summed E-state index contributed by atoms with van der Waals surface area (Å²) >= 11 is 0. The van der Waals surface area contributed by atoms with Crippen molar-refractivity contribution in [3.63, 3.8) is 0 Å². The number of hydrogen-bond acceptors (Lipinski definition) is 5. The van der Waals surface area contributed by atoms with Crippen molar-refractivity contribution in [3.05, 3.63) is 72.2 Å². The van der Waals surface area contributed by atoms with Gasteiger partial charge in [0.05, 0.1) is 19.7 Å². The molecule has 0 spiro atoms. The SMILES string of the molecule is C=CCN1CCN(C(=O)Nc2ccc(Cc3ccnc4cc(OC)c(OC)cc34)c(F)c2)C1=O. The van der Waals surface area contributed by atoms with Crippen LogP contribution in [0.15, 0.2) is 55.3 Å². The van der Waals surface area contributed by atoms with Gasteiger partial charge in [0, 0.05) is 49.4 Å². The Morgan fingerprint density at radius 3 is 2.62 bits per heavy atom. The second-order valence-corrected chi connectivity index (χ2v) is 7.78. The number of carbonyl (C=O) groups is 2. The van der Waals surface area contributed by atoms with E-state index in [9.17, 15) is 14.0 Å². The highest BCUT2D eigenvalue weighted by atomic mass is 19.1. The first kappa shape index (κ1) is 23.0. The summed E-state index contributed by atoms with van der Waals surface area (Å²) in [5.41, 5.74) is 2.30. The van der Waals surface area contributed by atoms with E-state index in [4.69, 9.17) is 9.47 Å². The van der Waals surface area contributed by atoms with E-state index in [1.54, 1.807) is 44.7 Å². The number of nitrogens with one attached hydrogen (secondary N) is 1. The van der Waals surface area contributed by atoms with Crippen LogP contribution in [0.2, 0.25) is 0 Å². The summed E-state index contributed by atoms with van der Waals surface area (Å²) < 4.78 is 25.7. The third kappa shape index (κ3) is 4.50. The highest BCUT2D eigenvalue weighted by molar-refractivity contribution is 6.01. The minimum Gasteiger partial charge on any atom is -0.493 e. The van der Waals surface area contributed by atoms with Gasteiger partial charge < -0.3 is 19.7 Å². The zero-order valence-electron chi connectivity index (χ0n) is 19.0. The number of methoxy groups -OCH3 is 2. The van der Waals surface area contributed by atoms with Crippen LogP contribution in [0.4, 0.5) is 19.7 Å². The van der Waals surface area contributed by atoms with Crippen molar-refractivity contribution in [2.24, 2.45) is 0 Å². The molecule has 1 aliphatic heterocycles. The molecule has 0 atom stereocenters. The molecule has 9 heteroatoms. The van der Waals surface area contributed by atoms with E-state index in [0.29, 0.717) is 42.1 Å². The van der Waals surface area contributed by atoms with Crippen molar-refractivity contribution < 1.29 is 23.5 Å². The van der Waals surface area contributed by atoms with Gasteiger partial charge in [-0.05, 0) is 35.4 Å². The maximum absolute atomic E-state index is 15.0. The van der Waals surface area contributed by atoms with Gasteiger partial charge in [-0.1, -0.05) is 12.1 Å². The lowest BCUT2D eigenvalue weighted by Gasteiger charge is -2.17. The smallest absolute Gasteiger partial charge is 0.330 e. The Kier molecular flexibility index (Phi) is 6.62. The molecule has 2 aromatic carbocycles. The standard InChI is InChI=1S/C25H25FN4O4/c1-4-9-29-10-11-30(25(29)32)24(31)28-18-6-5-17(20(26)13-18)12-16-7-8-27-21-15-23(34-3)22(33-2)14-19(16)21/h4-8,13-15H,1,9-12H2,2-3H3,(H,28,31). The van der Waals surface area contributed by atoms with Gasteiger partial charge in [-0.15, -0.1) is 6.58 Å². The average molecular weight is 464 g/mol. The summed E-state index contributed by atoms with van der Waals surface area (Å²) in [7, 11) is 3.11. The molecule has 2 heterocycles. The predicted molar refractivity (Wildman–Crippen MR) is 127 cm³/mol. The number of pyridine rings is 1. The number of urea groups is 2. The predicted octanol–water partition coefficient (Wildman–Crippen LogP) is 4.44. The molecule has 0 radical (unpaired) electrons. The van der Waals surface area contributed by atoms with Crippen molar-refractivity contribution in [1.82, 2.24) is 14.8 Å². The van der Waals surface area contributed by atoms with Crippen molar-refractivity contribution in [1.29, 1.82) is 0 Å². The molecule has 0 unspecified atom stereocenters. The van der Waals surface area contributed by atoms with Gasteiger partial charge in [0.15, 0.2) is 11.5 Å². The van der Waals surface area contributed by atoms with E-state index in [2.05, 4.69) is 16.9 Å². The quantitative estimate of drug-likeness (QED) is 0.523. The number of aromatic nitrogens is 1. The number of rotatable bonds is 7. The van der Waals surface area contributed by atoms with Crippen molar-refractivity contribution in [3.8, 4) is 11.5 Å². The Labute approximate surface area is 196 Å². The normalized spacial score (nSPS) is 13.3. The second-order valence-electron chi connectivity index (χ2n) is 7.78. The lowest BCUT2D eigenvalue weighted by atomic mass is 10.00. The fourth-order valence-corrected chi connectivity index (χ4v) is 3.94. The van der Waals surface area contributed by atoms with Gasteiger partial charge in [0.2, 0.25) is 0 Å². The molecule has 1 N–H and O–H groups in total. The van der Waals surface area contributed by atoms with Gasteiger partial charge in [-0.2, -0.15) is 0 Å². The third-order valence-electron chi connectivity index (χ3n) is 5.71. The van der Waals surface area contributed by atoms with E-state index in [-0.39, 0.29) is 12.2 Å². The highest BCUT2D eigenvalue weighted by Gasteiger charge is 2.32. The van der Waals surface area contributed by atoms with Gasteiger partial charge in [-0.3, -0.25) is 4.98 Å². The molecular weight excluding hydrogens is 439 g/mol. The molecule has 8 nitrogen and oxygen atoms in total. The number of fused-ring (bicyclic) bond motifs is 1. The summed E-state index contributed by atoms with van der Waals surface area (Å²) in [6, 6.07) is 8.93. The van der Waals surface area contributed by atoms with Gasteiger partial charge in [0.25, 0.3) is 0 Å². The highest BCUT2D eigenvalue weighted by Crippen LogP contribution is 2.33. The Morgan fingerprint density at radius 1 is 1.15 bits per heavy atom. The topological polar surface area (TPSA) is 84.0 Å². The summed E-state index contributed by atoms with van der Waals surface area (Å²) in [5, 5.41) is 3.43. The maximum atomic E-state index is 15.0. The molecule has 1 fully saturated rings. The van der Waals surface area contributed by atoms with Crippen LogP contribution in [-0.4, -0.2) is 60.7 Å². The molecule has 4 rings (SSSR count). The van der Waals surface area contributed by atoms with Crippen LogP contribution in [0, 0.1) is 5.82 Å². The molecule has 0 saturated carbocycles. The first-order valence-electron chi connectivity index (χ1n) is 10.7. The Balaban J connectivity index is 1.52. The summed E-state index contributed by atoms with van der Waals surface area (Å²) in [4.78, 5) is 31.8. The lowest BCUT2D eigenvalue weighted by molar-refractivity contribution is 0.193. The zero-order valence-corrected chi connectivity index (χ0v) is 19.0. The number of halogens is 1. The number of ether oxygens (including phenoxy) is 2. The second kappa shape index (κ2) is 9.78. The minimum absolute atomic E-state index is 0.266. The molecule has 3 aromatic rings. The molecule has 34 heavy (non-hydrogen) atoms. The number of hydrogen-bond donors (Lipinski definition) is 1. The Hall–Kier alpha value is -4.14. The molecule has 176 valence electrons. The molecule has 1 saturated heterocycles. The van der Waals surface area contributed by atoms with Crippen LogP contribution >= 0.6 is 0 Å². The number of nitrogens with zero attached hydrogens (tertiary/aromatic N) is 3. The lowest BCUT2D eigenvalue weighted by Crippen LogP contribution is -2.39. The fraction of sp³-hybridized carbons (Fsp3) is 0.240. The Bertz CT molecular complexity index is 1260. The number of amides is 4. The van der Waals surface area contributed by atoms with Gasteiger partial charge >= 0.3 is 12.1 Å². The fourth-order valence-electron chi connectivity index (χ4n) is 3.94. The van der Waals surface area contributed by atoms with Gasteiger partial charge in [-0.25, -0.2) is 18.9 Å². The molecule has 1 aromatic heterocycles. The summed E-state index contributed by atoms with van der Waals surface area (Å²) in [6.45, 7) is 4.68. The zero-order chi connectivity index (χ0) is 24.2. The minimum atomic E-state index is -0.593. The summed E-state index contributed by atoms with van der Waals surface area (Å²) in [5.74, 6) is 0.658. The van der Waals surface area contributed by atoms with E-state index in [1.807, 2.05) is 12.1 Å². The summed E-state index contributed by atoms with van der Waals surface area (Å²) in [6.07, 6.45) is 3.58. The third-order valence-corrected chi connectivity index (χ3v) is 5.71. The average Bonchev–Trinajstić information content (AvgIpc) is 3.20. The largest absolute Gasteiger partial charge is 0.493 e. The number of carbonyl (C=O) groups excluding carboxylic acids is 2. The molecule has 0 bridgehead atoms. The van der Waals surface area contributed by atoms with E-state index in [0.717, 1.165) is 15.8 Å². The molecular formula is C25H25FN4O4. The van der Waals surface area contributed by atoms with Crippen molar-refractivity contribution in [2.75, 3.05) is 39.2 Å². The van der Waals surface area contributed by atoms with Gasteiger partial charge in [0.1, 0.15) is 5.82 Å². The van der Waals surface area contributed by atoms with Crippen LogP contribution in [0.3, 0.4) is 0 Å². The maximum Gasteiger partial charge on any atom is 0.330 e. The van der Waals surface area contributed by atoms with Crippen LogP contribution in [0.25, 0.3) is 10.9 Å². The van der Waals surface area contributed by atoms with Crippen LogP contribution < -0.4 is 14.8 Å². The van der Waals surface area contributed by atoms with E-state index < -0.39 is 17.9 Å². The van der Waals surface area contributed by atoms with Crippen LogP contribution in [0.1, 0.15) is 11.1 Å². The molecule has 1 aliphatic rings. The first-order valence-corrected chi connectivity index (χ1v) is 10.7. The first-order chi connectivity index (χ1) is 16.4. The molecule has 0 aliphatic carbocycles. The Morgan fingerprint density at radius 2 is 1.91 bits per heavy atom. The van der Waals surface area contributed by atoms with E-state index >= 15 is 0 Å². The van der Waals surface area contributed by atoms with Crippen molar-refractivity contribution >= 4 is 28.7 Å². The van der Waals surface area contributed by atoms with Crippen LogP contribution in [0.5, 0.6) is 11.5 Å². The monoisotopic (exact) mass is 464 g/mol. The number of anilines is 1.